The Bertz CT molecular complexity index is 936. The van der Waals surface area contributed by atoms with Crippen molar-refractivity contribution in [3.63, 3.8) is 0 Å². The second kappa shape index (κ2) is 7.60. The molecule has 0 bridgehead atoms. The SMILES string of the molecule is CNNc1nc(N2CCOCC2)c2[nH]c(C(=O)Nc3ccccc3)cc2n1. The number of nitrogens with zero attached hydrogens (tertiary/aromatic N) is 3. The van der Waals surface area contributed by atoms with E-state index >= 15 is 0 Å². The second-order valence-electron chi connectivity index (χ2n) is 6.11. The van der Waals surface area contributed by atoms with Crippen LogP contribution in [0.15, 0.2) is 36.4 Å². The third-order valence-corrected chi connectivity index (χ3v) is 4.28. The number of carbonyl (C=O) groups excluding carboxylic acids is 1. The van der Waals surface area contributed by atoms with Gasteiger partial charge in [-0.1, -0.05) is 18.2 Å². The lowest BCUT2D eigenvalue weighted by molar-refractivity contribution is 0.102. The van der Waals surface area contributed by atoms with Crippen LogP contribution in [-0.2, 0) is 4.74 Å². The van der Waals surface area contributed by atoms with E-state index in [2.05, 4.69) is 36.0 Å². The molecule has 1 aliphatic heterocycles. The number of anilines is 3. The largest absolute Gasteiger partial charge is 0.378 e. The summed E-state index contributed by atoms with van der Waals surface area (Å²) in [6, 6.07) is 11.1. The van der Waals surface area contributed by atoms with E-state index in [0.29, 0.717) is 30.4 Å². The fourth-order valence-electron chi connectivity index (χ4n) is 3.01. The molecular weight excluding hydrogens is 346 g/mol. The zero-order valence-corrected chi connectivity index (χ0v) is 15.0. The monoisotopic (exact) mass is 367 g/mol. The van der Waals surface area contributed by atoms with Crippen molar-refractivity contribution >= 4 is 34.4 Å². The molecule has 27 heavy (non-hydrogen) atoms. The van der Waals surface area contributed by atoms with Crippen LogP contribution >= 0.6 is 0 Å². The van der Waals surface area contributed by atoms with Gasteiger partial charge in [-0.15, -0.1) is 0 Å². The molecule has 3 aromatic rings. The van der Waals surface area contributed by atoms with Crippen molar-refractivity contribution in [3.05, 3.63) is 42.1 Å². The smallest absolute Gasteiger partial charge is 0.272 e. The van der Waals surface area contributed by atoms with Crippen LogP contribution in [0.1, 0.15) is 10.5 Å². The summed E-state index contributed by atoms with van der Waals surface area (Å²) in [4.78, 5) is 27.0. The maximum Gasteiger partial charge on any atom is 0.272 e. The first-order chi connectivity index (χ1) is 13.2. The van der Waals surface area contributed by atoms with Gasteiger partial charge >= 0.3 is 0 Å². The lowest BCUT2D eigenvalue weighted by Crippen LogP contribution is -2.37. The first-order valence-corrected chi connectivity index (χ1v) is 8.77. The van der Waals surface area contributed by atoms with E-state index in [-0.39, 0.29) is 5.91 Å². The molecule has 9 nitrogen and oxygen atoms in total. The predicted molar refractivity (Wildman–Crippen MR) is 104 cm³/mol. The zero-order valence-electron chi connectivity index (χ0n) is 15.0. The van der Waals surface area contributed by atoms with E-state index in [0.717, 1.165) is 30.1 Å². The Kier molecular flexibility index (Phi) is 4.86. The minimum absolute atomic E-state index is 0.227. The first-order valence-electron chi connectivity index (χ1n) is 8.77. The van der Waals surface area contributed by atoms with Crippen LogP contribution in [-0.4, -0.2) is 54.2 Å². The summed E-state index contributed by atoms with van der Waals surface area (Å²) in [6.07, 6.45) is 0. The van der Waals surface area contributed by atoms with Crippen molar-refractivity contribution in [1.82, 2.24) is 20.4 Å². The van der Waals surface area contributed by atoms with Crippen molar-refractivity contribution in [2.45, 2.75) is 0 Å². The molecule has 1 aromatic carbocycles. The van der Waals surface area contributed by atoms with Crippen LogP contribution in [0.25, 0.3) is 11.0 Å². The van der Waals surface area contributed by atoms with E-state index in [1.807, 2.05) is 30.3 Å². The molecule has 0 spiro atoms. The number of ether oxygens (including phenoxy) is 1. The number of hydrazine groups is 1. The van der Waals surface area contributed by atoms with Crippen LogP contribution in [0.2, 0.25) is 0 Å². The summed E-state index contributed by atoms with van der Waals surface area (Å²) in [5.41, 5.74) is 8.31. The van der Waals surface area contributed by atoms with Gasteiger partial charge in [0.1, 0.15) is 11.2 Å². The Morgan fingerprint density at radius 1 is 1.19 bits per heavy atom. The molecule has 3 heterocycles. The summed E-state index contributed by atoms with van der Waals surface area (Å²) in [6.45, 7) is 2.75. The molecular formula is C18H21N7O2. The van der Waals surface area contributed by atoms with Gasteiger partial charge in [-0.3, -0.25) is 10.2 Å². The van der Waals surface area contributed by atoms with Crippen LogP contribution in [0.5, 0.6) is 0 Å². The molecule has 2 aromatic heterocycles. The normalized spacial score (nSPS) is 14.3. The summed E-state index contributed by atoms with van der Waals surface area (Å²) in [7, 11) is 1.75. The summed E-state index contributed by atoms with van der Waals surface area (Å²) >= 11 is 0. The highest BCUT2D eigenvalue weighted by Crippen LogP contribution is 2.26. The lowest BCUT2D eigenvalue weighted by Gasteiger charge is -2.28. The minimum atomic E-state index is -0.227. The highest BCUT2D eigenvalue weighted by molar-refractivity contribution is 6.06. The molecule has 0 radical (unpaired) electrons. The standard InChI is InChI=1S/C18H21N7O2/c1-19-24-18-22-13-11-14(17(26)20-12-5-3-2-4-6-12)21-15(13)16(23-18)25-7-9-27-10-8-25/h2-6,11,19,21H,7-10H2,1H3,(H,20,26)(H,22,23,24). The number of benzene rings is 1. The van der Waals surface area contributed by atoms with Crippen molar-refractivity contribution < 1.29 is 9.53 Å². The highest BCUT2D eigenvalue weighted by Gasteiger charge is 2.20. The molecule has 0 unspecified atom stereocenters. The van der Waals surface area contributed by atoms with Gasteiger partial charge < -0.3 is 19.9 Å². The van der Waals surface area contributed by atoms with Crippen LogP contribution < -0.4 is 21.1 Å². The number of para-hydroxylation sites is 1. The fraction of sp³-hybridized carbons (Fsp3) is 0.278. The average Bonchev–Trinajstić information content (AvgIpc) is 3.13. The zero-order chi connectivity index (χ0) is 18.6. The topological polar surface area (TPSA) is 107 Å². The van der Waals surface area contributed by atoms with Crippen molar-refractivity contribution in [2.75, 3.05) is 49.0 Å². The number of nitrogens with one attached hydrogen (secondary N) is 4. The lowest BCUT2D eigenvalue weighted by atomic mass is 10.3. The molecule has 0 saturated carbocycles. The molecule has 1 saturated heterocycles. The van der Waals surface area contributed by atoms with Crippen LogP contribution in [0, 0.1) is 0 Å². The molecule has 4 rings (SSSR count). The quantitative estimate of drug-likeness (QED) is 0.507. The Hall–Kier alpha value is -3.17. The number of amides is 1. The highest BCUT2D eigenvalue weighted by atomic mass is 16.5. The molecule has 140 valence electrons. The number of hydrogen-bond donors (Lipinski definition) is 4. The number of H-pyrrole nitrogens is 1. The number of hydrogen-bond acceptors (Lipinski definition) is 7. The van der Waals surface area contributed by atoms with Gasteiger partial charge in [-0.05, 0) is 18.2 Å². The maximum atomic E-state index is 12.6. The number of aromatic nitrogens is 3. The molecule has 1 aliphatic rings. The van der Waals surface area contributed by atoms with Gasteiger partial charge in [0.05, 0.1) is 18.7 Å². The third kappa shape index (κ3) is 3.69. The Labute approximate surface area is 156 Å². The van der Waals surface area contributed by atoms with Gasteiger partial charge in [0, 0.05) is 25.8 Å². The molecule has 0 atom stereocenters. The van der Waals surface area contributed by atoms with Crippen molar-refractivity contribution in [1.29, 1.82) is 0 Å². The van der Waals surface area contributed by atoms with Crippen LogP contribution in [0.3, 0.4) is 0 Å². The van der Waals surface area contributed by atoms with E-state index in [9.17, 15) is 4.79 Å². The maximum absolute atomic E-state index is 12.6. The van der Waals surface area contributed by atoms with E-state index in [1.54, 1.807) is 13.1 Å². The van der Waals surface area contributed by atoms with E-state index in [4.69, 9.17) is 4.74 Å². The molecule has 0 aliphatic carbocycles. The van der Waals surface area contributed by atoms with Crippen molar-refractivity contribution in [3.8, 4) is 0 Å². The third-order valence-electron chi connectivity index (χ3n) is 4.28. The average molecular weight is 367 g/mol. The number of morpholine rings is 1. The Morgan fingerprint density at radius 2 is 1.96 bits per heavy atom. The van der Waals surface area contributed by atoms with Crippen molar-refractivity contribution in [2.24, 2.45) is 0 Å². The molecule has 1 fully saturated rings. The number of rotatable bonds is 5. The van der Waals surface area contributed by atoms with Gasteiger partial charge in [-0.2, -0.15) is 4.98 Å². The first kappa shape index (κ1) is 17.3. The summed E-state index contributed by atoms with van der Waals surface area (Å²) in [5, 5.41) is 2.88. The van der Waals surface area contributed by atoms with Gasteiger partial charge in [-0.25, -0.2) is 10.4 Å². The van der Waals surface area contributed by atoms with Gasteiger partial charge in [0.15, 0.2) is 5.82 Å². The molecule has 1 amide bonds. The van der Waals surface area contributed by atoms with E-state index < -0.39 is 0 Å². The minimum Gasteiger partial charge on any atom is -0.378 e. The second-order valence-corrected chi connectivity index (χ2v) is 6.11. The van der Waals surface area contributed by atoms with Gasteiger partial charge in [0.25, 0.3) is 5.91 Å². The predicted octanol–water partition coefficient (Wildman–Crippen LogP) is 1.59. The molecule has 9 heteroatoms. The number of aromatic amines is 1. The summed E-state index contributed by atoms with van der Waals surface area (Å²) in [5.74, 6) is 0.968. The Morgan fingerprint density at radius 3 is 2.70 bits per heavy atom. The van der Waals surface area contributed by atoms with E-state index in [1.165, 1.54) is 0 Å². The number of carbonyl (C=O) groups is 1. The van der Waals surface area contributed by atoms with Gasteiger partial charge in [0.2, 0.25) is 5.95 Å². The molecule has 4 N–H and O–H groups in total. The summed E-state index contributed by atoms with van der Waals surface area (Å²) < 4.78 is 5.43. The number of fused-ring (bicyclic) bond motifs is 1. The Balaban J connectivity index is 1.70. The fourth-order valence-corrected chi connectivity index (χ4v) is 3.01. The van der Waals surface area contributed by atoms with Crippen LogP contribution in [0.4, 0.5) is 17.5 Å².